The van der Waals surface area contributed by atoms with Crippen molar-refractivity contribution in [3.05, 3.63) is 72.8 Å². The van der Waals surface area contributed by atoms with Gasteiger partial charge in [-0.05, 0) is 98.2 Å². The Morgan fingerprint density at radius 3 is 1.19 bits per heavy atom. The molecule has 0 bridgehead atoms. The Labute approximate surface area is 359 Å². The molecule has 0 amide bonds. The number of hydrogen-bond donors (Lipinski definition) is 0. The highest BCUT2D eigenvalue weighted by atomic mass is 16.5. The summed E-state index contributed by atoms with van der Waals surface area (Å²) < 4.78 is 25.8. The number of aromatic nitrogens is 1. The van der Waals surface area contributed by atoms with Crippen LogP contribution in [0.4, 0.5) is 5.69 Å². The monoisotopic (exact) mass is 807 g/mol. The van der Waals surface area contributed by atoms with Gasteiger partial charge in [0.25, 0.3) is 0 Å². The molecule has 0 aliphatic heterocycles. The first-order valence-corrected chi connectivity index (χ1v) is 23.7. The van der Waals surface area contributed by atoms with Crippen LogP contribution in [-0.2, 0) is 0 Å². The highest BCUT2D eigenvalue weighted by Crippen LogP contribution is 2.40. The summed E-state index contributed by atoms with van der Waals surface area (Å²) in [6, 6.07) is 26.1. The van der Waals surface area contributed by atoms with Gasteiger partial charge in [0.1, 0.15) is 23.0 Å². The van der Waals surface area contributed by atoms with Crippen LogP contribution >= 0.6 is 0 Å². The summed E-state index contributed by atoms with van der Waals surface area (Å²) in [6.45, 7) is 18.3. The molecule has 6 nitrogen and oxygen atoms in total. The van der Waals surface area contributed by atoms with Crippen LogP contribution in [0.2, 0.25) is 0 Å². The van der Waals surface area contributed by atoms with Crippen LogP contribution in [0.1, 0.15) is 157 Å². The van der Waals surface area contributed by atoms with Gasteiger partial charge in [-0.15, -0.1) is 0 Å². The number of ether oxygens (including phenoxy) is 4. The number of benzene rings is 3. The van der Waals surface area contributed by atoms with Crippen LogP contribution in [0, 0.1) is 0 Å². The molecule has 1 aromatic heterocycles. The zero-order valence-electron chi connectivity index (χ0n) is 37.9. The lowest BCUT2D eigenvalue weighted by Gasteiger charge is -2.24. The minimum absolute atomic E-state index is 0.656. The van der Waals surface area contributed by atoms with Gasteiger partial charge in [-0.3, -0.25) is 0 Å². The normalized spacial score (nSPS) is 11.2. The standard InChI is InChI=1S/C53H78N2O4/c1-7-13-17-21-35-56-46-29-31-48(52(41-46)58-37-23-19-15-9-3)50-39-44(43-25-27-45(28-26-43)55(33-11-5)34-12-6)40-51(54-50)49-32-30-47(57-36-22-18-14-8-2)42-53(49)59-38-24-20-16-10-4/h25-32,39-42H,7-24,33-38H2,1-6H3. The number of pyridine rings is 1. The molecular formula is C53H78N2O4. The van der Waals surface area contributed by atoms with Gasteiger partial charge in [0, 0.05) is 42.0 Å². The third-order valence-electron chi connectivity index (χ3n) is 10.9. The molecule has 324 valence electrons. The van der Waals surface area contributed by atoms with E-state index in [-0.39, 0.29) is 0 Å². The second kappa shape index (κ2) is 28.3. The van der Waals surface area contributed by atoms with Crippen molar-refractivity contribution in [2.75, 3.05) is 44.4 Å². The molecule has 0 aliphatic carbocycles. The minimum Gasteiger partial charge on any atom is -0.493 e. The summed E-state index contributed by atoms with van der Waals surface area (Å²) >= 11 is 0. The van der Waals surface area contributed by atoms with E-state index in [0.29, 0.717) is 26.4 Å². The van der Waals surface area contributed by atoms with Crippen molar-refractivity contribution >= 4 is 5.69 Å². The number of rotatable bonds is 32. The van der Waals surface area contributed by atoms with Crippen LogP contribution in [-0.4, -0.2) is 44.5 Å². The average molecular weight is 807 g/mol. The second-order valence-electron chi connectivity index (χ2n) is 16.1. The summed E-state index contributed by atoms with van der Waals surface area (Å²) in [4.78, 5) is 7.92. The molecule has 6 heteroatoms. The summed E-state index contributed by atoms with van der Waals surface area (Å²) in [6.07, 6.45) is 20.7. The second-order valence-corrected chi connectivity index (χ2v) is 16.1. The Morgan fingerprint density at radius 2 is 0.797 bits per heavy atom. The van der Waals surface area contributed by atoms with Crippen molar-refractivity contribution in [2.24, 2.45) is 0 Å². The molecule has 4 aromatic rings. The van der Waals surface area contributed by atoms with Crippen molar-refractivity contribution in [2.45, 2.75) is 157 Å². The van der Waals surface area contributed by atoms with Gasteiger partial charge in [-0.1, -0.05) is 131 Å². The third-order valence-corrected chi connectivity index (χ3v) is 10.9. The van der Waals surface area contributed by atoms with E-state index in [2.05, 4.69) is 119 Å². The van der Waals surface area contributed by atoms with Crippen molar-refractivity contribution in [1.29, 1.82) is 0 Å². The molecule has 1 heterocycles. The lowest BCUT2D eigenvalue weighted by atomic mass is 9.98. The molecule has 0 N–H and O–H groups in total. The van der Waals surface area contributed by atoms with Gasteiger partial charge in [0.05, 0.1) is 37.8 Å². The predicted octanol–water partition coefficient (Wildman–Crippen LogP) is 15.5. The number of nitrogens with zero attached hydrogens (tertiary/aromatic N) is 2. The maximum absolute atomic E-state index is 6.62. The van der Waals surface area contributed by atoms with E-state index in [0.717, 1.165) is 121 Å². The highest BCUT2D eigenvalue weighted by molar-refractivity contribution is 5.81. The van der Waals surface area contributed by atoms with Gasteiger partial charge in [0.15, 0.2) is 0 Å². The largest absolute Gasteiger partial charge is 0.493 e. The first-order valence-electron chi connectivity index (χ1n) is 23.7. The van der Waals surface area contributed by atoms with Gasteiger partial charge in [0.2, 0.25) is 0 Å². The predicted molar refractivity (Wildman–Crippen MR) is 252 cm³/mol. The number of unbranched alkanes of at least 4 members (excludes halogenated alkanes) is 12. The Bertz CT molecular complexity index is 1620. The fourth-order valence-corrected chi connectivity index (χ4v) is 7.45. The summed E-state index contributed by atoms with van der Waals surface area (Å²) in [7, 11) is 0. The first kappa shape index (κ1) is 47.5. The Balaban J connectivity index is 1.81. The SMILES string of the molecule is CCCCCCOc1ccc(-c2cc(-c3ccc(N(CCC)CCC)cc3)cc(-c3ccc(OCCCCCC)cc3OCCCCCC)n2)c(OCCCCCC)c1. The van der Waals surface area contributed by atoms with Crippen molar-refractivity contribution in [3.63, 3.8) is 0 Å². The molecular weight excluding hydrogens is 729 g/mol. The maximum Gasteiger partial charge on any atom is 0.132 e. The van der Waals surface area contributed by atoms with Crippen LogP contribution in [0.5, 0.6) is 23.0 Å². The molecule has 0 saturated carbocycles. The fraction of sp³-hybridized carbons (Fsp3) is 0.566. The van der Waals surface area contributed by atoms with Crippen LogP contribution in [0.3, 0.4) is 0 Å². The number of anilines is 1. The number of hydrogen-bond acceptors (Lipinski definition) is 6. The molecule has 0 radical (unpaired) electrons. The molecule has 3 aromatic carbocycles. The van der Waals surface area contributed by atoms with Gasteiger partial charge in [-0.25, -0.2) is 4.98 Å². The summed E-state index contributed by atoms with van der Waals surface area (Å²) in [5, 5.41) is 0. The lowest BCUT2D eigenvalue weighted by Crippen LogP contribution is -2.24. The summed E-state index contributed by atoms with van der Waals surface area (Å²) in [5.41, 5.74) is 7.17. The molecule has 4 rings (SSSR count). The molecule has 0 unspecified atom stereocenters. The van der Waals surface area contributed by atoms with E-state index < -0.39 is 0 Å². The fourth-order valence-electron chi connectivity index (χ4n) is 7.45. The van der Waals surface area contributed by atoms with Crippen molar-refractivity contribution in [1.82, 2.24) is 4.98 Å². The van der Waals surface area contributed by atoms with E-state index in [1.54, 1.807) is 0 Å². The van der Waals surface area contributed by atoms with Crippen LogP contribution in [0.25, 0.3) is 33.6 Å². The van der Waals surface area contributed by atoms with Crippen LogP contribution < -0.4 is 23.8 Å². The molecule has 0 spiro atoms. The smallest absolute Gasteiger partial charge is 0.132 e. The summed E-state index contributed by atoms with van der Waals surface area (Å²) in [5.74, 6) is 3.31. The van der Waals surface area contributed by atoms with Crippen molar-refractivity contribution < 1.29 is 18.9 Å². The van der Waals surface area contributed by atoms with E-state index in [4.69, 9.17) is 23.9 Å². The van der Waals surface area contributed by atoms with E-state index in [9.17, 15) is 0 Å². The highest BCUT2D eigenvalue weighted by Gasteiger charge is 2.18. The quantitative estimate of drug-likeness (QED) is 0.0458. The first-order chi connectivity index (χ1) is 29.0. The van der Waals surface area contributed by atoms with Crippen molar-refractivity contribution in [3.8, 4) is 56.6 Å². The van der Waals surface area contributed by atoms with E-state index >= 15 is 0 Å². The van der Waals surface area contributed by atoms with Crippen LogP contribution in [0.15, 0.2) is 72.8 Å². The topological polar surface area (TPSA) is 53.1 Å². The Kier molecular flexibility index (Phi) is 22.8. The van der Waals surface area contributed by atoms with Gasteiger partial charge >= 0.3 is 0 Å². The zero-order valence-corrected chi connectivity index (χ0v) is 37.9. The van der Waals surface area contributed by atoms with E-state index in [1.165, 1.54) is 69.9 Å². The molecule has 59 heavy (non-hydrogen) atoms. The molecule has 0 atom stereocenters. The van der Waals surface area contributed by atoms with Gasteiger partial charge in [-0.2, -0.15) is 0 Å². The maximum atomic E-state index is 6.62. The Morgan fingerprint density at radius 1 is 0.390 bits per heavy atom. The average Bonchev–Trinajstić information content (AvgIpc) is 3.26. The zero-order chi connectivity index (χ0) is 41.9. The molecule has 0 saturated heterocycles. The minimum atomic E-state index is 0.656. The Hall–Kier alpha value is -4.19. The third kappa shape index (κ3) is 16.4. The lowest BCUT2D eigenvalue weighted by molar-refractivity contribution is 0.291. The molecule has 0 fully saturated rings. The van der Waals surface area contributed by atoms with E-state index in [1.807, 2.05) is 0 Å². The molecule has 0 aliphatic rings. The van der Waals surface area contributed by atoms with Gasteiger partial charge < -0.3 is 23.8 Å².